The standard InChI is InChI=1S/C18H24N4O3S/c1-12-10-13(2)17(14(3)11-12)26(24,25)22-8-5-15(6-9-22)18(23)20-16-4-7-19-21-16/h4,7,10-11,15H,5-6,8-9H2,1-3H3,(H2,19,20,21,23). The van der Waals surface area contributed by atoms with Crippen LogP contribution < -0.4 is 5.32 Å². The molecule has 0 unspecified atom stereocenters. The van der Waals surface area contributed by atoms with E-state index in [9.17, 15) is 13.2 Å². The number of piperidine rings is 1. The fourth-order valence-electron chi connectivity index (χ4n) is 3.62. The fourth-order valence-corrected chi connectivity index (χ4v) is 5.50. The van der Waals surface area contributed by atoms with E-state index in [1.165, 1.54) is 4.31 Å². The number of sulfonamides is 1. The minimum atomic E-state index is -3.55. The van der Waals surface area contributed by atoms with Gasteiger partial charge in [-0.15, -0.1) is 0 Å². The number of rotatable bonds is 4. The van der Waals surface area contributed by atoms with Crippen LogP contribution in [-0.4, -0.2) is 41.9 Å². The number of hydrogen-bond donors (Lipinski definition) is 2. The quantitative estimate of drug-likeness (QED) is 0.856. The minimum absolute atomic E-state index is 0.103. The molecule has 8 heteroatoms. The molecule has 2 N–H and O–H groups in total. The van der Waals surface area contributed by atoms with Gasteiger partial charge in [-0.1, -0.05) is 17.7 Å². The number of carbonyl (C=O) groups excluding carboxylic acids is 1. The molecule has 0 atom stereocenters. The molecular weight excluding hydrogens is 352 g/mol. The molecule has 2 aromatic rings. The third kappa shape index (κ3) is 3.66. The first kappa shape index (κ1) is 18.6. The van der Waals surface area contributed by atoms with Gasteiger partial charge < -0.3 is 5.32 Å². The first-order chi connectivity index (χ1) is 12.3. The maximum atomic E-state index is 13.1. The van der Waals surface area contributed by atoms with Crippen molar-refractivity contribution in [2.24, 2.45) is 5.92 Å². The zero-order chi connectivity index (χ0) is 18.9. The van der Waals surface area contributed by atoms with Crippen molar-refractivity contribution in [1.82, 2.24) is 14.5 Å². The van der Waals surface area contributed by atoms with E-state index in [4.69, 9.17) is 0 Å². The van der Waals surface area contributed by atoms with Gasteiger partial charge in [-0.2, -0.15) is 9.40 Å². The Morgan fingerprint density at radius 2 is 1.81 bits per heavy atom. The molecule has 7 nitrogen and oxygen atoms in total. The van der Waals surface area contributed by atoms with Crippen LogP contribution in [0.4, 0.5) is 5.82 Å². The van der Waals surface area contributed by atoms with Crippen molar-refractivity contribution in [3.8, 4) is 0 Å². The van der Waals surface area contributed by atoms with Crippen LogP contribution in [0, 0.1) is 26.7 Å². The largest absolute Gasteiger partial charge is 0.311 e. The van der Waals surface area contributed by atoms with E-state index in [-0.39, 0.29) is 11.8 Å². The molecule has 0 saturated carbocycles. The van der Waals surface area contributed by atoms with Gasteiger partial charge in [-0.3, -0.25) is 9.89 Å². The number of anilines is 1. The minimum Gasteiger partial charge on any atom is -0.311 e. The number of amides is 1. The third-order valence-corrected chi connectivity index (χ3v) is 6.99. The zero-order valence-corrected chi connectivity index (χ0v) is 16.1. The highest BCUT2D eigenvalue weighted by molar-refractivity contribution is 7.89. The van der Waals surface area contributed by atoms with E-state index in [1.54, 1.807) is 12.3 Å². The number of hydrogen-bond acceptors (Lipinski definition) is 4. The van der Waals surface area contributed by atoms with Crippen LogP contribution in [-0.2, 0) is 14.8 Å². The summed E-state index contributed by atoms with van der Waals surface area (Å²) in [6.45, 7) is 6.31. The van der Waals surface area contributed by atoms with Crippen molar-refractivity contribution in [1.29, 1.82) is 0 Å². The second-order valence-corrected chi connectivity index (χ2v) is 8.74. The van der Waals surface area contributed by atoms with Crippen molar-refractivity contribution in [3.05, 3.63) is 41.1 Å². The van der Waals surface area contributed by atoms with E-state index >= 15 is 0 Å². The summed E-state index contributed by atoms with van der Waals surface area (Å²) in [5.74, 6) is 0.245. The first-order valence-electron chi connectivity index (χ1n) is 8.67. The Hall–Kier alpha value is -2.19. The number of carbonyl (C=O) groups is 1. The molecule has 1 saturated heterocycles. The molecule has 3 rings (SSSR count). The molecule has 0 radical (unpaired) electrons. The van der Waals surface area contributed by atoms with E-state index in [0.717, 1.165) is 16.7 Å². The van der Waals surface area contributed by atoms with Crippen molar-refractivity contribution in [2.75, 3.05) is 18.4 Å². The Bertz CT molecular complexity index is 876. The van der Waals surface area contributed by atoms with Crippen LogP contribution in [0.2, 0.25) is 0 Å². The van der Waals surface area contributed by atoms with Crippen LogP contribution in [0.3, 0.4) is 0 Å². The number of benzene rings is 1. The van der Waals surface area contributed by atoms with Crippen LogP contribution in [0.25, 0.3) is 0 Å². The summed E-state index contributed by atoms with van der Waals surface area (Å²) in [5, 5.41) is 9.26. The average molecular weight is 376 g/mol. The lowest BCUT2D eigenvalue weighted by atomic mass is 9.97. The monoisotopic (exact) mass is 376 g/mol. The van der Waals surface area contributed by atoms with Gasteiger partial charge in [0.2, 0.25) is 15.9 Å². The summed E-state index contributed by atoms with van der Waals surface area (Å²) < 4.78 is 27.7. The van der Waals surface area contributed by atoms with Crippen molar-refractivity contribution in [2.45, 2.75) is 38.5 Å². The van der Waals surface area contributed by atoms with Crippen molar-refractivity contribution >= 4 is 21.7 Å². The molecule has 1 fully saturated rings. The molecule has 26 heavy (non-hydrogen) atoms. The maximum absolute atomic E-state index is 13.1. The van der Waals surface area contributed by atoms with Gasteiger partial charge in [0.05, 0.1) is 11.1 Å². The smallest absolute Gasteiger partial charge is 0.243 e. The third-order valence-electron chi connectivity index (χ3n) is 4.79. The highest BCUT2D eigenvalue weighted by Crippen LogP contribution is 2.29. The molecule has 1 aliphatic heterocycles. The van der Waals surface area contributed by atoms with Gasteiger partial charge in [0.1, 0.15) is 5.82 Å². The molecule has 0 aliphatic carbocycles. The Labute approximate surface area is 153 Å². The lowest BCUT2D eigenvalue weighted by Crippen LogP contribution is -2.41. The maximum Gasteiger partial charge on any atom is 0.243 e. The second kappa shape index (κ2) is 7.20. The zero-order valence-electron chi connectivity index (χ0n) is 15.2. The molecule has 0 bridgehead atoms. The summed E-state index contributed by atoms with van der Waals surface area (Å²) in [6, 6.07) is 5.47. The number of aryl methyl sites for hydroxylation is 3. The summed E-state index contributed by atoms with van der Waals surface area (Å²) in [7, 11) is -3.55. The number of aromatic nitrogens is 2. The summed E-state index contributed by atoms with van der Waals surface area (Å²) in [6.07, 6.45) is 2.57. The van der Waals surface area contributed by atoms with Gasteiger partial charge in [0, 0.05) is 25.1 Å². The van der Waals surface area contributed by atoms with Crippen LogP contribution in [0.5, 0.6) is 0 Å². The summed E-state index contributed by atoms with van der Waals surface area (Å²) >= 11 is 0. The van der Waals surface area contributed by atoms with Crippen LogP contribution in [0.15, 0.2) is 29.3 Å². The molecule has 1 aliphatic rings. The van der Waals surface area contributed by atoms with Gasteiger partial charge in [0.25, 0.3) is 0 Å². The van der Waals surface area contributed by atoms with E-state index in [0.29, 0.717) is 36.6 Å². The highest BCUT2D eigenvalue weighted by Gasteiger charge is 2.33. The summed E-state index contributed by atoms with van der Waals surface area (Å²) in [4.78, 5) is 12.7. The number of H-pyrrole nitrogens is 1. The van der Waals surface area contributed by atoms with Crippen LogP contribution >= 0.6 is 0 Å². The Morgan fingerprint density at radius 1 is 1.19 bits per heavy atom. The molecule has 1 aromatic carbocycles. The van der Waals surface area contributed by atoms with Crippen molar-refractivity contribution < 1.29 is 13.2 Å². The molecule has 2 heterocycles. The second-order valence-electron chi connectivity index (χ2n) is 6.87. The van der Waals surface area contributed by atoms with Gasteiger partial charge in [0.15, 0.2) is 0 Å². The fraction of sp³-hybridized carbons (Fsp3) is 0.444. The lowest BCUT2D eigenvalue weighted by molar-refractivity contribution is -0.120. The van der Waals surface area contributed by atoms with Gasteiger partial charge in [-0.05, 0) is 44.7 Å². The average Bonchev–Trinajstić information content (AvgIpc) is 3.06. The lowest BCUT2D eigenvalue weighted by Gasteiger charge is -2.31. The molecule has 140 valence electrons. The van der Waals surface area contributed by atoms with Gasteiger partial charge >= 0.3 is 0 Å². The van der Waals surface area contributed by atoms with Crippen molar-refractivity contribution in [3.63, 3.8) is 0 Å². The SMILES string of the molecule is Cc1cc(C)c(S(=O)(=O)N2CCC(C(=O)Nc3ccn[nH]3)CC2)c(C)c1. The van der Waals surface area contributed by atoms with E-state index in [1.807, 2.05) is 32.9 Å². The Kier molecular flexibility index (Phi) is 5.15. The Morgan fingerprint density at radius 3 is 2.35 bits per heavy atom. The summed E-state index contributed by atoms with van der Waals surface area (Å²) in [5.41, 5.74) is 2.58. The molecule has 0 spiro atoms. The molecule has 1 aromatic heterocycles. The number of nitrogens with zero attached hydrogens (tertiary/aromatic N) is 2. The van der Waals surface area contributed by atoms with Crippen LogP contribution in [0.1, 0.15) is 29.5 Å². The molecule has 1 amide bonds. The first-order valence-corrected chi connectivity index (χ1v) is 10.1. The van der Waals surface area contributed by atoms with E-state index in [2.05, 4.69) is 15.5 Å². The Balaban J connectivity index is 1.70. The predicted octanol–water partition coefficient (Wildman–Crippen LogP) is 2.37. The molecular formula is C18H24N4O3S. The highest BCUT2D eigenvalue weighted by atomic mass is 32.2. The number of aromatic amines is 1. The van der Waals surface area contributed by atoms with E-state index < -0.39 is 10.0 Å². The number of nitrogens with one attached hydrogen (secondary N) is 2. The predicted molar refractivity (Wildman–Crippen MR) is 99.4 cm³/mol. The van der Waals surface area contributed by atoms with Gasteiger partial charge in [-0.25, -0.2) is 8.42 Å². The normalized spacial score (nSPS) is 16.6. The topological polar surface area (TPSA) is 95.2 Å².